The summed E-state index contributed by atoms with van der Waals surface area (Å²) in [7, 11) is 0. The first-order valence-electron chi connectivity index (χ1n) is 6.71. The second-order valence-corrected chi connectivity index (χ2v) is 5.11. The van der Waals surface area contributed by atoms with Crippen molar-refractivity contribution in [2.45, 2.75) is 38.4 Å². The van der Waals surface area contributed by atoms with Crippen LogP contribution in [0.5, 0.6) is 0 Å². The number of nitrogens with zero attached hydrogens (tertiary/aromatic N) is 3. The van der Waals surface area contributed by atoms with Crippen LogP contribution >= 0.6 is 0 Å². The van der Waals surface area contributed by atoms with Crippen molar-refractivity contribution in [2.75, 3.05) is 0 Å². The first kappa shape index (κ1) is 14.0. The molecule has 3 rings (SSSR count). The quantitative estimate of drug-likeness (QED) is 0.802. The van der Waals surface area contributed by atoms with Crippen LogP contribution in [-0.2, 0) is 12.6 Å². The molecule has 0 spiro atoms. The summed E-state index contributed by atoms with van der Waals surface area (Å²) in [6, 6.07) is 1.25. The van der Waals surface area contributed by atoms with E-state index in [4.69, 9.17) is 0 Å². The molecule has 2 aromatic heterocycles. The molecule has 7 heteroatoms. The van der Waals surface area contributed by atoms with Crippen molar-refractivity contribution in [3.8, 4) is 11.5 Å². The van der Waals surface area contributed by atoms with Crippen LogP contribution in [0.25, 0.3) is 11.5 Å². The van der Waals surface area contributed by atoms with Gasteiger partial charge in [-0.1, -0.05) is 6.92 Å². The fourth-order valence-electron chi connectivity index (χ4n) is 2.17. The first-order chi connectivity index (χ1) is 9.90. The number of aryl methyl sites for hydroxylation is 1. The van der Waals surface area contributed by atoms with E-state index in [9.17, 15) is 17.6 Å². The maximum Gasteiger partial charge on any atom is 0.434 e. The minimum absolute atomic E-state index is 0.0457. The molecule has 0 atom stereocenters. The Balaban J connectivity index is 2.11. The van der Waals surface area contributed by atoms with Gasteiger partial charge in [0.15, 0.2) is 17.3 Å². The smallest absolute Gasteiger partial charge is 0.326 e. The van der Waals surface area contributed by atoms with E-state index in [2.05, 4.69) is 9.97 Å². The summed E-state index contributed by atoms with van der Waals surface area (Å²) in [5, 5.41) is 0. The molecule has 1 aliphatic rings. The highest BCUT2D eigenvalue weighted by molar-refractivity contribution is 5.52. The Morgan fingerprint density at radius 1 is 1.33 bits per heavy atom. The van der Waals surface area contributed by atoms with Crippen LogP contribution in [0, 0.1) is 5.82 Å². The summed E-state index contributed by atoms with van der Waals surface area (Å²) < 4.78 is 53.9. The Labute approximate surface area is 118 Å². The normalized spacial score (nSPS) is 15.5. The van der Waals surface area contributed by atoms with Crippen LogP contribution in [0.1, 0.15) is 37.1 Å². The van der Waals surface area contributed by atoms with Crippen molar-refractivity contribution in [3.05, 3.63) is 35.5 Å². The van der Waals surface area contributed by atoms with Gasteiger partial charge in [-0.3, -0.25) is 0 Å². The van der Waals surface area contributed by atoms with Crippen LogP contribution in [-0.4, -0.2) is 14.5 Å². The predicted molar refractivity (Wildman–Crippen MR) is 68.1 cm³/mol. The van der Waals surface area contributed by atoms with Gasteiger partial charge >= 0.3 is 6.18 Å². The minimum Gasteiger partial charge on any atom is -0.326 e. The molecule has 0 aliphatic heterocycles. The topological polar surface area (TPSA) is 30.7 Å². The van der Waals surface area contributed by atoms with E-state index in [-0.39, 0.29) is 17.6 Å². The first-order valence-corrected chi connectivity index (χ1v) is 6.71. The van der Waals surface area contributed by atoms with Gasteiger partial charge in [0.2, 0.25) is 0 Å². The fraction of sp³-hybridized carbons (Fsp3) is 0.429. The lowest BCUT2D eigenvalue weighted by Gasteiger charge is -2.07. The van der Waals surface area contributed by atoms with Crippen molar-refractivity contribution in [1.29, 1.82) is 0 Å². The number of halogens is 4. The van der Waals surface area contributed by atoms with Crippen LogP contribution < -0.4 is 0 Å². The van der Waals surface area contributed by atoms with Crippen molar-refractivity contribution in [1.82, 2.24) is 14.5 Å². The number of pyridine rings is 1. The molecule has 1 fully saturated rings. The number of hydrogen-bond acceptors (Lipinski definition) is 2. The molecule has 21 heavy (non-hydrogen) atoms. The van der Waals surface area contributed by atoms with E-state index in [0.29, 0.717) is 12.0 Å². The Morgan fingerprint density at radius 3 is 2.57 bits per heavy atom. The van der Waals surface area contributed by atoms with Gasteiger partial charge in [0, 0.05) is 18.4 Å². The number of alkyl halides is 3. The molecule has 0 bridgehead atoms. The Bertz CT molecular complexity index is 671. The predicted octanol–water partition coefficient (Wildman–Crippen LogP) is 4.00. The molecule has 3 nitrogen and oxygen atoms in total. The molecular formula is C14H13F4N3. The Kier molecular flexibility index (Phi) is 3.22. The van der Waals surface area contributed by atoms with E-state index in [0.717, 1.165) is 19.0 Å². The molecule has 0 aromatic carbocycles. The average molecular weight is 299 g/mol. The number of imidazole rings is 1. The SMILES string of the molecule is CCc1cnc(-c2nc(C(F)(F)F)cn2C2CC2)c(F)c1. The van der Waals surface area contributed by atoms with Crippen molar-refractivity contribution in [3.63, 3.8) is 0 Å². The number of rotatable bonds is 3. The third-order valence-corrected chi connectivity index (χ3v) is 3.48. The summed E-state index contributed by atoms with van der Waals surface area (Å²) in [6.07, 6.45) is 0.0217. The fourth-order valence-corrected chi connectivity index (χ4v) is 2.17. The summed E-state index contributed by atoms with van der Waals surface area (Å²) in [6.45, 7) is 1.85. The highest BCUT2D eigenvalue weighted by Crippen LogP contribution is 2.40. The monoisotopic (exact) mass is 299 g/mol. The molecule has 0 N–H and O–H groups in total. The highest BCUT2D eigenvalue weighted by Gasteiger charge is 2.38. The zero-order valence-electron chi connectivity index (χ0n) is 11.3. The molecule has 1 aliphatic carbocycles. The van der Waals surface area contributed by atoms with Gasteiger partial charge in [0.05, 0.1) is 0 Å². The molecule has 0 radical (unpaired) electrons. The summed E-state index contributed by atoms with van der Waals surface area (Å²) in [5.41, 5.74) is -0.448. The van der Waals surface area contributed by atoms with Gasteiger partial charge in [-0.25, -0.2) is 14.4 Å². The third-order valence-electron chi connectivity index (χ3n) is 3.48. The molecule has 0 saturated heterocycles. The molecule has 2 heterocycles. The van der Waals surface area contributed by atoms with Gasteiger partial charge in [-0.05, 0) is 30.9 Å². The van der Waals surface area contributed by atoms with Gasteiger partial charge in [-0.2, -0.15) is 13.2 Å². The van der Waals surface area contributed by atoms with E-state index in [1.54, 1.807) is 0 Å². The van der Waals surface area contributed by atoms with Crippen molar-refractivity contribution >= 4 is 0 Å². The molecule has 0 amide bonds. The second kappa shape index (κ2) is 4.82. The Morgan fingerprint density at radius 2 is 2.05 bits per heavy atom. The molecular weight excluding hydrogens is 286 g/mol. The van der Waals surface area contributed by atoms with Crippen molar-refractivity contribution < 1.29 is 17.6 Å². The number of hydrogen-bond donors (Lipinski definition) is 0. The zero-order chi connectivity index (χ0) is 15.2. The maximum absolute atomic E-state index is 14.1. The third kappa shape index (κ3) is 2.64. The Hall–Kier alpha value is -1.92. The van der Waals surface area contributed by atoms with Gasteiger partial charge in [0.25, 0.3) is 0 Å². The van der Waals surface area contributed by atoms with Gasteiger partial charge < -0.3 is 4.57 Å². The van der Waals surface area contributed by atoms with E-state index >= 15 is 0 Å². The zero-order valence-corrected chi connectivity index (χ0v) is 11.3. The van der Waals surface area contributed by atoms with Crippen LogP contribution in [0.15, 0.2) is 18.5 Å². The van der Waals surface area contributed by atoms with E-state index < -0.39 is 17.7 Å². The number of aromatic nitrogens is 3. The molecule has 112 valence electrons. The molecule has 0 unspecified atom stereocenters. The lowest BCUT2D eigenvalue weighted by molar-refractivity contribution is -0.140. The summed E-state index contributed by atoms with van der Waals surface area (Å²) >= 11 is 0. The maximum atomic E-state index is 14.1. The summed E-state index contributed by atoms with van der Waals surface area (Å²) in [5.74, 6) is -0.694. The minimum atomic E-state index is -4.55. The van der Waals surface area contributed by atoms with Crippen LogP contribution in [0.3, 0.4) is 0 Å². The van der Waals surface area contributed by atoms with Gasteiger partial charge in [0.1, 0.15) is 5.69 Å². The highest BCUT2D eigenvalue weighted by atomic mass is 19.4. The second-order valence-electron chi connectivity index (χ2n) is 5.11. The van der Waals surface area contributed by atoms with E-state index in [1.165, 1.54) is 16.8 Å². The molecule has 2 aromatic rings. The van der Waals surface area contributed by atoms with E-state index in [1.807, 2.05) is 6.92 Å². The van der Waals surface area contributed by atoms with Crippen LogP contribution in [0.2, 0.25) is 0 Å². The standard InChI is InChI=1S/C14H13F4N3/c1-2-8-5-10(15)12(19-6-8)13-20-11(14(16,17)18)7-21(13)9-3-4-9/h5-7,9H,2-4H2,1H3. The average Bonchev–Trinajstić information content (AvgIpc) is 3.16. The van der Waals surface area contributed by atoms with Gasteiger partial charge in [-0.15, -0.1) is 0 Å². The molecule has 1 saturated carbocycles. The summed E-state index contributed by atoms with van der Waals surface area (Å²) in [4.78, 5) is 7.52. The van der Waals surface area contributed by atoms with Crippen molar-refractivity contribution in [2.24, 2.45) is 0 Å². The lowest BCUT2D eigenvalue weighted by Crippen LogP contribution is -2.05. The van der Waals surface area contributed by atoms with Crippen LogP contribution in [0.4, 0.5) is 17.6 Å². The lowest BCUT2D eigenvalue weighted by atomic mass is 10.2. The largest absolute Gasteiger partial charge is 0.434 e.